The third kappa shape index (κ3) is 5.14. The minimum atomic E-state index is -4.22. The molecule has 21 heavy (non-hydrogen) atoms. The molecule has 0 spiro atoms. The number of nitrogen functional groups attached to an aromatic ring is 1. The summed E-state index contributed by atoms with van der Waals surface area (Å²) in [6.45, 7) is 0.134. The number of alkyl halides is 3. The van der Waals surface area contributed by atoms with Crippen LogP contribution in [-0.2, 0) is 0 Å². The van der Waals surface area contributed by atoms with Gasteiger partial charge in [0.15, 0.2) is 5.82 Å². The molecule has 2 rings (SSSR count). The summed E-state index contributed by atoms with van der Waals surface area (Å²) in [6.07, 6.45) is 0. The molecule has 0 saturated carbocycles. The zero-order chi connectivity index (χ0) is 15.3. The second-order valence-corrected chi connectivity index (χ2v) is 5.25. The van der Waals surface area contributed by atoms with Gasteiger partial charge < -0.3 is 11.1 Å². The Labute approximate surface area is 124 Å². The van der Waals surface area contributed by atoms with Crippen LogP contribution < -0.4 is 11.1 Å². The van der Waals surface area contributed by atoms with E-state index in [9.17, 15) is 13.2 Å². The van der Waals surface area contributed by atoms with Gasteiger partial charge >= 0.3 is 5.51 Å². The fourth-order valence-electron chi connectivity index (χ4n) is 1.62. The van der Waals surface area contributed by atoms with Crippen molar-refractivity contribution in [3.05, 3.63) is 36.4 Å². The molecule has 2 aromatic rings. The van der Waals surface area contributed by atoms with Gasteiger partial charge in [0.25, 0.3) is 0 Å². The Hall–Kier alpha value is -1.96. The standard InChI is InChI=1S/C13H13F3N4S/c14-13(15,16)21-7-6-18-11-8-10(17)19-12(20-11)9-4-2-1-3-5-9/h1-5,8H,6-7H2,(H3,17,18,19,20). The van der Waals surface area contributed by atoms with Crippen LogP contribution in [0.15, 0.2) is 36.4 Å². The number of nitrogens with zero attached hydrogens (tertiary/aromatic N) is 2. The lowest BCUT2D eigenvalue weighted by molar-refractivity contribution is -0.0327. The van der Waals surface area contributed by atoms with Crippen molar-refractivity contribution < 1.29 is 13.2 Å². The van der Waals surface area contributed by atoms with E-state index in [1.54, 1.807) is 0 Å². The zero-order valence-electron chi connectivity index (χ0n) is 10.9. The molecule has 1 heterocycles. The summed E-state index contributed by atoms with van der Waals surface area (Å²) in [5.74, 6) is 0.995. The van der Waals surface area contributed by atoms with E-state index < -0.39 is 5.51 Å². The number of rotatable bonds is 5. The highest BCUT2D eigenvalue weighted by molar-refractivity contribution is 8.00. The van der Waals surface area contributed by atoms with E-state index in [4.69, 9.17) is 5.73 Å². The average Bonchev–Trinajstić information content (AvgIpc) is 2.43. The van der Waals surface area contributed by atoms with Crippen LogP contribution in [0.4, 0.5) is 24.8 Å². The summed E-state index contributed by atoms with van der Waals surface area (Å²) in [4.78, 5) is 8.36. The van der Waals surface area contributed by atoms with E-state index in [1.165, 1.54) is 6.07 Å². The molecule has 0 saturated heterocycles. The van der Waals surface area contributed by atoms with Crippen molar-refractivity contribution in [3.8, 4) is 11.4 Å². The van der Waals surface area contributed by atoms with Crippen LogP contribution in [-0.4, -0.2) is 27.8 Å². The van der Waals surface area contributed by atoms with Crippen molar-refractivity contribution in [1.29, 1.82) is 0 Å². The third-order valence-electron chi connectivity index (χ3n) is 2.45. The van der Waals surface area contributed by atoms with Crippen molar-refractivity contribution in [2.24, 2.45) is 0 Å². The molecule has 3 N–H and O–H groups in total. The van der Waals surface area contributed by atoms with Crippen LogP contribution >= 0.6 is 11.8 Å². The lowest BCUT2D eigenvalue weighted by Gasteiger charge is -2.09. The molecule has 0 fully saturated rings. The van der Waals surface area contributed by atoms with Gasteiger partial charge in [0.1, 0.15) is 11.6 Å². The number of nitrogens with one attached hydrogen (secondary N) is 1. The molecular weight excluding hydrogens is 301 g/mol. The summed E-state index contributed by atoms with van der Waals surface area (Å²) >= 11 is -0.0796. The van der Waals surface area contributed by atoms with Crippen molar-refractivity contribution in [2.45, 2.75) is 5.51 Å². The summed E-state index contributed by atoms with van der Waals surface area (Å²) in [6, 6.07) is 10.7. The quantitative estimate of drug-likeness (QED) is 0.828. The summed E-state index contributed by atoms with van der Waals surface area (Å²) < 4.78 is 36.1. The fourth-order valence-corrected chi connectivity index (χ4v) is 2.05. The maximum atomic E-state index is 12.0. The van der Waals surface area contributed by atoms with Gasteiger partial charge in [-0.3, -0.25) is 0 Å². The minimum Gasteiger partial charge on any atom is -0.384 e. The van der Waals surface area contributed by atoms with E-state index in [1.807, 2.05) is 30.3 Å². The second-order valence-electron chi connectivity index (χ2n) is 4.09. The van der Waals surface area contributed by atoms with Crippen molar-refractivity contribution in [2.75, 3.05) is 23.3 Å². The molecule has 0 bridgehead atoms. The van der Waals surface area contributed by atoms with Crippen molar-refractivity contribution in [3.63, 3.8) is 0 Å². The average molecular weight is 314 g/mol. The number of hydrogen-bond acceptors (Lipinski definition) is 5. The van der Waals surface area contributed by atoms with Gasteiger partial charge in [-0.25, -0.2) is 9.97 Å². The largest absolute Gasteiger partial charge is 0.441 e. The number of halogens is 3. The predicted octanol–water partition coefficient (Wildman–Crippen LogP) is 3.39. The highest BCUT2D eigenvalue weighted by atomic mass is 32.2. The molecule has 0 amide bonds. The third-order valence-corrected chi connectivity index (χ3v) is 3.19. The Morgan fingerprint density at radius 3 is 2.52 bits per heavy atom. The molecule has 1 aromatic heterocycles. The van der Waals surface area contributed by atoms with Crippen LogP contribution in [0, 0.1) is 0 Å². The van der Waals surface area contributed by atoms with Crippen LogP contribution in [0.5, 0.6) is 0 Å². The monoisotopic (exact) mass is 314 g/mol. The minimum absolute atomic E-state index is 0.0796. The summed E-state index contributed by atoms with van der Waals surface area (Å²) in [5.41, 5.74) is 2.26. The zero-order valence-corrected chi connectivity index (χ0v) is 11.7. The molecule has 0 aliphatic rings. The van der Waals surface area contributed by atoms with Gasteiger partial charge in [0.05, 0.1) is 0 Å². The smallest absolute Gasteiger partial charge is 0.384 e. The van der Waals surface area contributed by atoms with Gasteiger partial charge in [-0.05, 0) is 11.8 Å². The van der Waals surface area contributed by atoms with Crippen LogP contribution in [0.2, 0.25) is 0 Å². The van der Waals surface area contributed by atoms with Crippen molar-refractivity contribution >= 4 is 23.4 Å². The number of aromatic nitrogens is 2. The Morgan fingerprint density at radius 1 is 1.14 bits per heavy atom. The fraction of sp³-hybridized carbons (Fsp3) is 0.231. The topological polar surface area (TPSA) is 63.8 Å². The van der Waals surface area contributed by atoms with Gasteiger partial charge in [0.2, 0.25) is 0 Å². The summed E-state index contributed by atoms with van der Waals surface area (Å²) in [5, 5.41) is 2.82. The Balaban J connectivity index is 2.03. The number of benzene rings is 1. The SMILES string of the molecule is Nc1cc(NCCSC(F)(F)F)nc(-c2ccccc2)n1. The van der Waals surface area contributed by atoms with Gasteiger partial charge in [-0.1, -0.05) is 30.3 Å². The molecule has 0 aliphatic heterocycles. The molecule has 1 aromatic carbocycles. The van der Waals surface area contributed by atoms with Gasteiger partial charge in [-0.15, -0.1) is 0 Å². The van der Waals surface area contributed by atoms with Crippen molar-refractivity contribution in [1.82, 2.24) is 9.97 Å². The molecule has 0 atom stereocenters. The highest BCUT2D eigenvalue weighted by Crippen LogP contribution is 2.29. The first-order valence-electron chi connectivity index (χ1n) is 6.08. The normalized spacial score (nSPS) is 11.4. The Morgan fingerprint density at radius 2 is 1.86 bits per heavy atom. The maximum Gasteiger partial charge on any atom is 0.441 e. The van der Waals surface area contributed by atoms with Gasteiger partial charge in [0, 0.05) is 23.9 Å². The molecule has 0 radical (unpaired) electrons. The molecular formula is C13H13F3N4S. The van der Waals surface area contributed by atoms with E-state index >= 15 is 0 Å². The van der Waals surface area contributed by atoms with Crippen LogP contribution in [0.25, 0.3) is 11.4 Å². The van der Waals surface area contributed by atoms with E-state index in [0.717, 1.165) is 5.56 Å². The number of nitrogens with two attached hydrogens (primary N) is 1. The lowest BCUT2D eigenvalue weighted by atomic mass is 10.2. The Bertz CT molecular complexity index is 590. The van der Waals surface area contributed by atoms with Crippen LogP contribution in [0.3, 0.4) is 0 Å². The highest BCUT2D eigenvalue weighted by Gasteiger charge is 2.27. The first-order chi connectivity index (χ1) is 9.94. The van der Waals surface area contributed by atoms with Crippen LogP contribution in [0.1, 0.15) is 0 Å². The number of thioether (sulfide) groups is 1. The predicted molar refractivity (Wildman–Crippen MR) is 78.9 cm³/mol. The number of anilines is 2. The Kier molecular flexibility index (Phi) is 4.89. The molecule has 8 heteroatoms. The van der Waals surface area contributed by atoms with E-state index in [-0.39, 0.29) is 29.9 Å². The second kappa shape index (κ2) is 6.66. The molecule has 0 aliphatic carbocycles. The first-order valence-corrected chi connectivity index (χ1v) is 7.07. The summed E-state index contributed by atoms with van der Waals surface area (Å²) in [7, 11) is 0. The van der Waals surface area contributed by atoms with Gasteiger partial charge in [-0.2, -0.15) is 13.2 Å². The molecule has 4 nitrogen and oxygen atoms in total. The maximum absolute atomic E-state index is 12.0. The lowest BCUT2D eigenvalue weighted by Crippen LogP contribution is -2.11. The van der Waals surface area contributed by atoms with E-state index in [2.05, 4.69) is 15.3 Å². The first kappa shape index (κ1) is 15.4. The van der Waals surface area contributed by atoms with E-state index in [0.29, 0.717) is 11.6 Å². The molecule has 112 valence electrons. The molecule has 0 unspecified atom stereocenters. The number of hydrogen-bond donors (Lipinski definition) is 2.